The van der Waals surface area contributed by atoms with Gasteiger partial charge in [-0.05, 0) is 37.9 Å². The summed E-state index contributed by atoms with van der Waals surface area (Å²) in [5.41, 5.74) is 11.7. The number of halogens is 1. The number of likely N-dealkylation sites (N-methyl/N-ethyl adjacent to an activating group) is 1. The van der Waals surface area contributed by atoms with Crippen molar-refractivity contribution >= 4 is 5.91 Å². The van der Waals surface area contributed by atoms with Crippen LogP contribution in [0.1, 0.15) is 28.8 Å². The van der Waals surface area contributed by atoms with E-state index in [1.807, 2.05) is 7.05 Å². The highest BCUT2D eigenvalue weighted by Crippen LogP contribution is 2.35. The maximum atomic E-state index is 13.9. The molecule has 5 heteroatoms. The molecule has 1 aromatic carbocycles. The fourth-order valence-electron chi connectivity index (χ4n) is 2.43. The third kappa shape index (κ3) is 3.30. The Morgan fingerprint density at radius 2 is 2.21 bits per heavy atom. The minimum absolute atomic E-state index is 0.196. The zero-order valence-corrected chi connectivity index (χ0v) is 11.1. The minimum atomic E-state index is -0.614. The molecule has 1 aromatic rings. The van der Waals surface area contributed by atoms with Crippen molar-refractivity contribution in [2.45, 2.75) is 25.4 Å². The third-order valence-electron chi connectivity index (χ3n) is 3.73. The molecule has 1 unspecified atom stereocenters. The van der Waals surface area contributed by atoms with Crippen LogP contribution in [0.2, 0.25) is 0 Å². The Kier molecular flexibility index (Phi) is 4.17. The molecule has 1 atom stereocenters. The number of amides is 1. The highest BCUT2D eigenvalue weighted by molar-refractivity contribution is 5.92. The Balaban J connectivity index is 2.07. The SMILES string of the molecule is CN(Cc1ccc(C(N)=O)cc1F)C(CN)C1CC1. The number of carbonyl (C=O) groups excluding carboxylic acids is 1. The van der Waals surface area contributed by atoms with Gasteiger partial charge < -0.3 is 11.5 Å². The summed E-state index contributed by atoms with van der Waals surface area (Å²) < 4.78 is 13.9. The van der Waals surface area contributed by atoms with E-state index in [1.165, 1.54) is 18.9 Å². The average molecular weight is 265 g/mol. The number of rotatable bonds is 6. The van der Waals surface area contributed by atoms with Gasteiger partial charge in [0.1, 0.15) is 5.82 Å². The van der Waals surface area contributed by atoms with Crippen molar-refractivity contribution < 1.29 is 9.18 Å². The molecule has 1 fully saturated rings. The molecule has 4 N–H and O–H groups in total. The van der Waals surface area contributed by atoms with Gasteiger partial charge in [0.25, 0.3) is 0 Å². The molecule has 0 radical (unpaired) electrons. The van der Waals surface area contributed by atoms with Gasteiger partial charge >= 0.3 is 0 Å². The molecule has 0 saturated heterocycles. The van der Waals surface area contributed by atoms with E-state index in [4.69, 9.17) is 11.5 Å². The van der Waals surface area contributed by atoms with Crippen LogP contribution in [0.15, 0.2) is 18.2 Å². The number of hydrogen-bond acceptors (Lipinski definition) is 3. The van der Waals surface area contributed by atoms with Crippen molar-refractivity contribution in [1.29, 1.82) is 0 Å². The van der Waals surface area contributed by atoms with E-state index < -0.39 is 11.7 Å². The topological polar surface area (TPSA) is 72.3 Å². The van der Waals surface area contributed by atoms with Crippen LogP contribution in [0.4, 0.5) is 4.39 Å². The molecule has 1 saturated carbocycles. The van der Waals surface area contributed by atoms with Gasteiger partial charge in [0, 0.05) is 30.3 Å². The smallest absolute Gasteiger partial charge is 0.248 e. The quantitative estimate of drug-likeness (QED) is 0.809. The van der Waals surface area contributed by atoms with E-state index >= 15 is 0 Å². The summed E-state index contributed by atoms with van der Waals surface area (Å²) >= 11 is 0. The molecule has 4 nitrogen and oxygen atoms in total. The Bertz CT molecular complexity index is 474. The molecule has 0 spiro atoms. The molecule has 0 heterocycles. The Hall–Kier alpha value is -1.46. The van der Waals surface area contributed by atoms with Crippen molar-refractivity contribution in [3.05, 3.63) is 35.1 Å². The predicted octanol–water partition coefficient (Wildman–Crippen LogP) is 1.09. The van der Waals surface area contributed by atoms with E-state index in [9.17, 15) is 9.18 Å². The van der Waals surface area contributed by atoms with Gasteiger partial charge in [-0.15, -0.1) is 0 Å². The van der Waals surface area contributed by atoms with E-state index in [0.717, 1.165) is 0 Å². The van der Waals surface area contributed by atoms with Gasteiger partial charge in [0.05, 0.1) is 0 Å². The summed E-state index contributed by atoms with van der Waals surface area (Å²) in [4.78, 5) is 13.1. The lowest BCUT2D eigenvalue weighted by molar-refractivity contribution is 0.1000. The second kappa shape index (κ2) is 5.67. The molecule has 104 valence electrons. The van der Waals surface area contributed by atoms with E-state index in [-0.39, 0.29) is 5.56 Å². The molecule has 1 amide bonds. The van der Waals surface area contributed by atoms with Crippen molar-refractivity contribution in [3.8, 4) is 0 Å². The summed E-state index contributed by atoms with van der Waals surface area (Å²) in [7, 11) is 1.96. The maximum absolute atomic E-state index is 13.9. The summed E-state index contributed by atoms with van der Waals surface area (Å²) in [6.45, 7) is 1.07. The Morgan fingerprint density at radius 1 is 1.53 bits per heavy atom. The number of nitrogens with zero attached hydrogens (tertiary/aromatic N) is 1. The summed E-state index contributed by atoms with van der Waals surface area (Å²) in [6, 6.07) is 4.67. The first-order valence-corrected chi connectivity index (χ1v) is 6.51. The van der Waals surface area contributed by atoms with E-state index in [1.54, 1.807) is 12.1 Å². The van der Waals surface area contributed by atoms with E-state index in [0.29, 0.717) is 30.6 Å². The van der Waals surface area contributed by atoms with E-state index in [2.05, 4.69) is 4.90 Å². The fourth-order valence-corrected chi connectivity index (χ4v) is 2.43. The van der Waals surface area contributed by atoms with Crippen molar-refractivity contribution in [3.63, 3.8) is 0 Å². The van der Waals surface area contributed by atoms with Crippen LogP contribution >= 0.6 is 0 Å². The van der Waals surface area contributed by atoms with Crippen LogP contribution in [0.5, 0.6) is 0 Å². The van der Waals surface area contributed by atoms with Crippen LogP contribution in [0.3, 0.4) is 0 Å². The molecule has 2 rings (SSSR count). The van der Waals surface area contributed by atoms with Crippen LogP contribution in [-0.4, -0.2) is 30.4 Å². The normalized spacial score (nSPS) is 16.6. The molecular formula is C14H20FN3O. The summed E-state index contributed by atoms with van der Waals surface area (Å²) in [6.07, 6.45) is 2.41. The first-order valence-electron chi connectivity index (χ1n) is 6.51. The predicted molar refractivity (Wildman–Crippen MR) is 72.0 cm³/mol. The fraction of sp³-hybridized carbons (Fsp3) is 0.500. The second-order valence-electron chi connectivity index (χ2n) is 5.23. The van der Waals surface area contributed by atoms with Gasteiger partial charge in [-0.2, -0.15) is 0 Å². The van der Waals surface area contributed by atoms with Crippen LogP contribution in [0.25, 0.3) is 0 Å². The van der Waals surface area contributed by atoms with Gasteiger partial charge in [0.2, 0.25) is 5.91 Å². The highest BCUT2D eigenvalue weighted by atomic mass is 19.1. The lowest BCUT2D eigenvalue weighted by Crippen LogP contribution is -2.39. The molecule has 1 aliphatic rings. The number of carbonyl (C=O) groups is 1. The Morgan fingerprint density at radius 3 is 2.68 bits per heavy atom. The number of hydrogen-bond donors (Lipinski definition) is 2. The zero-order valence-electron chi connectivity index (χ0n) is 11.1. The van der Waals surface area contributed by atoms with Crippen molar-refractivity contribution in [2.75, 3.05) is 13.6 Å². The van der Waals surface area contributed by atoms with Gasteiger partial charge in [-0.25, -0.2) is 4.39 Å². The lowest BCUT2D eigenvalue weighted by atomic mass is 10.1. The number of benzene rings is 1. The lowest BCUT2D eigenvalue weighted by Gasteiger charge is -2.27. The summed E-state index contributed by atoms with van der Waals surface area (Å²) in [5.74, 6) is -0.366. The average Bonchev–Trinajstić information content (AvgIpc) is 3.17. The molecule has 0 aromatic heterocycles. The molecule has 19 heavy (non-hydrogen) atoms. The minimum Gasteiger partial charge on any atom is -0.366 e. The first-order chi connectivity index (χ1) is 9.02. The molecule has 0 bridgehead atoms. The van der Waals surface area contributed by atoms with Crippen LogP contribution in [-0.2, 0) is 6.54 Å². The van der Waals surface area contributed by atoms with Gasteiger partial charge in [0.15, 0.2) is 0 Å². The van der Waals surface area contributed by atoms with Gasteiger partial charge in [-0.3, -0.25) is 9.69 Å². The van der Waals surface area contributed by atoms with Crippen molar-refractivity contribution in [1.82, 2.24) is 4.90 Å². The Labute approximate surface area is 112 Å². The number of nitrogens with two attached hydrogens (primary N) is 2. The second-order valence-corrected chi connectivity index (χ2v) is 5.23. The monoisotopic (exact) mass is 265 g/mol. The third-order valence-corrected chi connectivity index (χ3v) is 3.73. The maximum Gasteiger partial charge on any atom is 0.248 e. The van der Waals surface area contributed by atoms with Crippen molar-refractivity contribution in [2.24, 2.45) is 17.4 Å². The largest absolute Gasteiger partial charge is 0.366 e. The standard InChI is InChI=1S/C14H20FN3O/c1-18(13(7-16)9-2-3-9)8-11-5-4-10(14(17)19)6-12(11)15/h4-6,9,13H,2-3,7-8,16H2,1H3,(H2,17,19). The molecule has 0 aliphatic heterocycles. The highest BCUT2D eigenvalue weighted by Gasteiger charge is 2.32. The molecular weight excluding hydrogens is 245 g/mol. The van der Waals surface area contributed by atoms with Crippen LogP contribution < -0.4 is 11.5 Å². The zero-order chi connectivity index (χ0) is 14.0. The molecule has 1 aliphatic carbocycles. The van der Waals surface area contributed by atoms with Gasteiger partial charge in [-0.1, -0.05) is 6.07 Å². The number of primary amides is 1. The van der Waals surface area contributed by atoms with Crippen LogP contribution in [0, 0.1) is 11.7 Å². The summed E-state index contributed by atoms with van der Waals surface area (Å²) in [5, 5.41) is 0. The first kappa shape index (κ1) is 14.0.